The summed E-state index contributed by atoms with van der Waals surface area (Å²) in [6, 6.07) is 7.43. The van der Waals surface area contributed by atoms with Gasteiger partial charge in [0.25, 0.3) is 5.91 Å². The van der Waals surface area contributed by atoms with E-state index in [-0.39, 0.29) is 18.1 Å². The predicted molar refractivity (Wildman–Crippen MR) is 97.8 cm³/mol. The number of nitrogens with two attached hydrogens (primary N) is 1. The van der Waals surface area contributed by atoms with E-state index in [0.29, 0.717) is 30.4 Å². The van der Waals surface area contributed by atoms with Crippen LogP contribution >= 0.6 is 0 Å². The van der Waals surface area contributed by atoms with E-state index in [1.807, 2.05) is 18.2 Å². The standard InChI is InChI=1S/C20H30N2O3/c21-13-19(15-6-2-1-3-7-15)22-20(23)16-8-4-9-17(12-16)25-14-18-10-5-11-24-18/h4,8-9,12,15,18-19H,1-3,5-7,10-11,13-14,21H2,(H,22,23). The highest BCUT2D eigenvalue weighted by atomic mass is 16.5. The number of carbonyl (C=O) groups is 1. The second kappa shape index (κ2) is 9.20. The minimum absolute atomic E-state index is 0.0595. The third-order valence-electron chi connectivity index (χ3n) is 5.35. The lowest BCUT2D eigenvalue weighted by Gasteiger charge is -2.30. The molecule has 138 valence electrons. The van der Waals surface area contributed by atoms with E-state index >= 15 is 0 Å². The van der Waals surface area contributed by atoms with Crippen LogP contribution in [0.5, 0.6) is 5.75 Å². The number of hydrogen-bond donors (Lipinski definition) is 2. The first kappa shape index (κ1) is 18.2. The van der Waals surface area contributed by atoms with Crippen LogP contribution in [-0.4, -0.2) is 37.8 Å². The highest BCUT2D eigenvalue weighted by Crippen LogP contribution is 2.26. The topological polar surface area (TPSA) is 73.6 Å². The van der Waals surface area contributed by atoms with Crippen molar-refractivity contribution in [2.24, 2.45) is 11.7 Å². The Morgan fingerprint density at radius 3 is 2.80 bits per heavy atom. The van der Waals surface area contributed by atoms with E-state index in [2.05, 4.69) is 5.32 Å². The Hall–Kier alpha value is -1.59. The van der Waals surface area contributed by atoms with E-state index in [9.17, 15) is 4.79 Å². The molecule has 3 rings (SSSR count). The first-order valence-corrected chi connectivity index (χ1v) is 9.61. The number of carbonyl (C=O) groups excluding carboxylic acids is 1. The summed E-state index contributed by atoms with van der Waals surface area (Å²) in [4.78, 5) is 12.6. The summed E-state index contributed by atoms with van der Waals surface area (Å²) >= 11 is 0. The summed E-state index contributed by atoms with van der Waals surface area (Å²) in [6.07, 6.45) is 8.40. The van der Waals surface area contributed by atoms with Crippen LogP contribution in [0.15, 0.2) is 24.3 Å². The molecular formula is C20H30N2O3. The molecule has 2 aliphatic rings. The Kier molecular flexibility index (Phi) is 6.70. The zero-order valence-electron chi connectivity index (χ0n) is 14.9. The Morgan fingerprint density at radius 2 is 2.08 bits per heavy atom. The van der Waals surface area contributed by atoms with Crippen molar-refractivity contribution in [3.63, 3.8) is 0 Å². The van der Waals surface area contributed by atoms with Gasteiger partial charge in [0.1, 0.15) is 12.4 Å². The molecule has 5 heteroatoms. The van der Waals surface area contributed by atoms with Crippen molar-refractivity contribution in [1.82, 2.24) is 5.32 Å². The molecule has 3 N–H and O–H groups in total. The van der Waals surface area contributed by atoms with Gasteiger partial charge >= 0.3 is 0 Å². The van der Waals surface area contributed by atoms with Gasteiger partial charge in [0, 0.05) is 24.8 Å². The maximum Gasteiger partial charge on any atom is 0.251 e. The van der Waals surface area contributed by atoms with E-state index in [0.717, 1.165) is 32.3 Å². The second-order valence-corrected chi connectivity index (χ2v) is 7.19. The molecule has 5 nitrogen and oxygen atoms in total. The fourth-order valence-corrected chi connectivity index (χ4v) is 3.85. The van der Waals surface area contributed by atoms with Gasteiger partial charge in [-0.1, -0.05) is 25.3 Å². The summed E-state index contributed by atoms with van der Waals surface area (Å²) in [5.41, 5.74) is 6.55. The lowest BCUT2D eigenvalue weighted by molar-refractivity contribution is 0.0679. The minimum atomic E-state index is -0.0661. The van der Waals surface area contributed by atoms with Crippen molar-refractivity contribution in [2.75, 3.05) is 19.8 Å². The molecule has 25 heavy (non-hydrogen) atoms. The van der Waals surface area contributed by atoms with E-state index in [1.54, 1.807) is 6.07 Å². The maximum absolute atomic E-state index is 12.6. The lowest BCUT2D eigenvalue weighted by atomic mass is 9.84. The highest BCUT2D eigenvalue weighted by Gasteiger charge is 2.24. The fraction of sp³-hybridized carbons (Fsp3) is 0.650. The third-order valence-corrected chi connectivity index (χ3v) is 5.35. The van der Waals surface area contributed by atoms with E-state index in [4.69, 9.17) is 15.2 Å². The molecule has 2 unspecified atom stereocenters. The van der Waals surface area contributed by atoms with Crippen molar-refractivity contribution in [3.8, 4) is 5.75 Å². The Balaban J connectivity index is 1.56. The molecule has 1 saturated heterocycles. The first-order chi connectivity index (χ1) is 12.3. The SMILES string of the molecule is NCC(NC(=O)c1cccc(OCC2CCCO2)c1)C1CCCCC1. The molecule has 2 atom stereocenters. The average Bonchev–Trinajstić information content (AvgIpc) is 3.19. The third kappa shape index (κ3) is 5.19. The summed E-state index contributed by atoms with van der Waals surface area (Å²) in [5, 5.41) is 3.13. The Bertz CT molecular complexity index is 552. The summed E-state index contributed by atoms with van der Waals surface area (Å²) in [6.45, 7) is 1.85. The van der Waals surface area contributed by atoms with Crippen molar-refractivity contribution < 1.29 is 14.3 Å². The quantitative estimate of drug-likeness (QED) is 0.796. The van der Waals surface area contributed by atoms with Gasteiger partial charge in [0.2, 0.25) is 0 Å². The van der Waals surface area contributed by atoms with Gasteiger partial charge in [-0.05, 0) is 49.8 Å². The van der Waals surface area contributed by atoms with Crippen LogP contribution in [0.3, 0.4) is 0 Å². The van der Waals surface area contributed by atoms with Gasteiger partial charge in [-0.15, -0.1) is 0 Å². The summed E-state index contributed by atoms with van der Waals surface area (Å²) < 4.78 is 11.4. The highest BCUT2D eigenvalue weighted by molar-refractivity contribution is 5.94. The number of amides is 1. The van der Waals surface area contributed by atoms with Crippen LogP contribution in [0.2, 0.25) is 0 Å². The van der Waals surface area contributed by atoms with Gasteiger partial charge in [0.15, 0.2) is 0 Å². The molecule has 1 aliphatic carbocycles. The van der Waals surface area contributed by atoms with E-state index in [1.165, 1.54) is 19.3 Å². The number of rotatable bonds is 7. The predicted octanol–water partition coefficient (Wildman–Crippen LogP) is 2.88. The molecule has 1 heterocycles. The number of nitrogens with one attached hydrogen (secondary N) is 1. The maximum atomic E-state index is 12.6. The van der Waals surface area contributed by atoms with Gasteiger partial charge in [-0.2, -0.15) is 0 Å². The van der Waals surface area contributed by atoms with Gasteiger partial charge in [0.05, 0.1) is 6.10 Å². The van der Waals surface area contributed by atoms with Gasteiger partial charge < -0.3 is 20.5 Å². The Morgan fingerprint density at radius 1 is 1.24 bits per heavy atom. The molecule has 1 aliphatic heterocycles. The van der Waals surface area contributed by atoms with Crippen LogP contribution < -0.4 is 15.8 Å². The van der Waals surface area contributed by atoms with Crippen LogP contribution in [0.25, 0.3) is 0 Å². The lowest BCUT2D eigenvalue weighted by Crippen LogP contribution is -2.45. The average molecular weight is 346 g/mol. The van der Waals surface area contributed by atoms with Crippen LogP contribution in [0, 0.1) is 5.92 Å². The minimum Gasteiger partial charge on any atom is -0.491 e. The number of benzene rings is 1. The van der Waals surface area contributed by atoms with Crippen molar-refractivity contribution >= 4 is 5.91 Å². The van der Waals surface area contributed by atoms with Crippen molar-refractivity contribution in [1.29, 1.82) is 0 Å². The molecule has 1 aromatic rings. The molecule has 0 spiro atoms. The monoisotopic (exact) mass is 346 g/mol. The van der Waals surface area contributed by atoms with Crippen LogP contribution in [0.1, 0.15) is 55.3 Å². The van der Waals surface area contributed by atoms with Crippen molar-refractivity contribution in [2.45, 2.75) is 57.1 Å². The zero-order chi connectivity index (χ0) is 17.5. The number of hydrogen-bond acceptors (Lipinski definition) is 4. The van der Waals surface area contributed by atoms with Crippen LogP contribution in [0.4, 0.5) is 0 Å². The zero-order valence-corrected chi connectivity index (χ0v) is 14.9. The van der Waals surface area contributed by atoms with E-state index < -0.39 is 0 Å². The molecular weight excluding hydrogens is 316 g/mol. The van der Waals surface area contributed by atoms with Gasteiger partial charge in [-0.3, -0.25) is 4.79 Å². The molecule has 1 amide bonds. The van der Waals surface area contributed by atoms with Crippen LogP contribution in [-0.2, 0) is 4.74 Å². The number of ether oxygens (including phenoxy) is 2. The molecule has 2 fully saturated rings. The fourth-order valence-electron chi connectivity index (χ4n) is 3.85. The first-order valence-electron chi connectivity index (χ1n) is 9.61. The normalized spacial score (nSPS) is 22.5. The molecule has 0 radical (unpaired) electrons. The molecule has 0 bridgehead atoms. The molecule has 1 aromatic carbocycles. The summed E-state index contributed by atoms with van der Waals surface area (Å²) in [5.74, 6) is 1.15. The van der Waals surface area contributed by atoms with Gasteiger partial charge in [-0.25, -0.2) is 0 Å². The molecule has 0 aromatic heterocycles. The second-order valence-electron chi connectivity index (χ2n) is 7.19. The molecule has 1 saturated carbocycles. The van der Waals surface area contributed by atoms with Crippen molar-refractivity contribution in [3.05, 3.63) is 29.8 Å². The Labute approximate surface area is 150 Å². The smallest absolute Gasteiger partial charge is 0.251 e. The summed E-state index contributed by atoms with van der Waals surface area (Å²) in [7, 11) is 0. The largest absolute Gasteiger partial charge is 0.491 e.